The van der Waals surface area contributed by atoms with Crippen molar-refractivity contribution in [3.05, 3.63) is 0 Å². The summed E-state index contributed by atoms with van der Waals surface area (Å²) in [4.78, 5) is 12.6. The summed E-state index contributed by atoms with van der Waals surface area (Å²) in [5.74, 6) is 0.521. The Labute approximate surface area is 143 Å². The van der Waals surface area contributed by atoms with Crippen LogP contribution in [0.1, 0.15) is 103 Å². The summed E-state index contributed by atoms with van der Waals surface area (Å²) in [6.07, 6.45) is 20.3. The van der Waals surface area contributed by atoms with Crippen LogP contribution in [-0.4, -0.2) is 18.0 Å². The number of nitrogens with two attached hydrogens (primary N) is 1. The van der Waals surface area contributed by atoms with E-state index in [9.17, 15) is 4.79 Å². The molecule has 3 heteroatoms. The molecule has 3 N–H and O–H groups in total. The molecule has 0 aromatic rings. The maximum atomic E-state index is 12.6. The first-order chi connectivity index (χ1) is 11.3. The fraction of sp³-hybridized carbons (Fsp3) is 0.950. The monoisotopic (exact) mass is 322 g/mol. The second-order valence-electron chi connectivity index (χ2n) is 7.89. The van der Waals surface area contributed by atoms with Gasteiger partial charge in [0, 0.05) is 6.04 Å². The molecule has 3 nitrogen and oxygen atoms in total. The molecule has 1 amide bonds. The minimum absolute atomic E-state index is 0.123. The molecule has 0 bridgehead atoms. The maximum absolute atomic E-state index is 12.6. The second-order valence-corrected chi connectivity index (χ2v) is 7.89. The van der Waals surface area contributed by atoms with Gasteiger partial charge >= 0.3 is 0 Å². The lowest BCUT2D eigenvalue weighted by atomic mass is 9.85. The Morgan fingerprint density at radius 3 is 1.57 bits per heavy atom. The van der Waals surface area contributed by atoms with E-state index < -0.39 is 0 Å². The first-order valence-corrected chi connectivity index (χ1v) is 10.3. The summed E-state index contributed by atoms with van der Waals surface area (Å²) < 4.78 is 0. The Morgan fingerprint density at radius 1 is 0.696 bits per heavy atom. The topological polar surface area (TPSA) is 55.1 Å². The van der Waals surface area contributed by atoms with Crippen LogP contribution in [-0.2, 0) is 4.79 Å². The highest BCUT2D eigenvalue weighted by atomic mass is 16.2. The van der Waals surface area contributed by atoms with E-state index in [0.29, 0.717) is 12.0 Å². The number of hydrogen-bond acceptors (Lipinski definition) is 2. The normalized spacial score (nSPS) is 25.1. The number of carbonyl (C=O) groups is 1. The largest absolute Gasteiger partial charge is 0.352 e. The minimum atomic E-state index is -0.288. The van der Waals surface area contributed by atoms with Gasteiger partial charge in [-0.05, 0) is 31.6 Å². The van der Waals surface area contributed by atoms with Crippen LogP contribution in [0.4, 0.5) is 0 Å². The van der Waals surface area contributed by atoms with Crippen molar-refractivity contribution in [2.75, 3.05) is 0 Å². The average molecular weight is 323 g/mol. The van der Waals surface area contributed by atoms with Gasteiger partial charge < -0.3 is 11.1 Å². The van der Waals surface area contributed by atoms with Crippen molar-refractivity contribution >= 4 is 5.91 Å². The fourth-order valence-electron chi connectivity index (χ4n) is 4.31. The summed E-state index contributed by atoms with van der Waals surface area (Å²) >= 11 is 0. The van der Waals surface area contributed by atoms with Crippen LogP contribution in [0.15, 0.2) is 0 Å². The molecule has 0 radical (unpaired) electrons. The molecule has 0 spiro atoms. The first-order valence-electron chi connectivity index (χ1n) is 10.3. The summed E-state index contributed by atoms with van der Waals surface area (Å²) in [5.41, 5.74) is 6.34. The van der Waals surface area contributed by atoms with Gasteiger partial charge in [-0.3, -0.25) is 4.79 Å². The molecule has 2 aliphatic rings. The molecule has 0 heterocycles. The molecule has 2 fully saturated rings. The molecular formula is C20H38N2O. The minimum Gasteiger partial charge on any atom is -0.352 e. The smallest absolute Gasteiger partial charge is 0.237 e. The zero-order valence-electron chi connectivity index (χ0n) is 15.0. The van der Waals surface area contributed by atoms with E-state index in [0.717, 1.165) is 25.7 Å². The van der Waals surface area contributed by atoms with Crippen LogP contribution in [0.5, 0.6) is 0 Å². The van der Waals surface area contributed by atoms with Crippen molar-refractivity contribution in [3.8, 4) is 0 Å². The summed E-state index contributed by atoms with van der Waals surface area (Å²) in [6.45, 7) is 0. The number of hydrogen-bond donors (Lipinski definition) is 2. The molecule has 134 valence electrons. The highest BCUT2D eigenvalue weighted by Gasteiger charge is 2.26. The van der Waals surface area contributed by atoms with Gasteiger partial charge in [0.05, 0.1) is 6.04 Å². The molecule has 0 aromatic carbocycles. The predicted molar refractivity (Wildman–Crippen MR) is 97.3 cm³/mol. The molecule has 2 saturated carbocycles. The van der Waals surface area contributed by atoms with E-state index in [1.54, 1.807) is 0 Å². The number of carbonyl (C=O) groups excluding carboxylic acids is 1. The van der Waals surface area contributed by atoms with E-state index >= 15 is 0 Å². The van der Waals surface area contributed by atoms with E-state index in [1.807, 2.05) is 0 Å². The number of amides is 1. The molecule has 2 rings (SSSR count). The first kappa shape index (κ1) is 18.8. The highest BCUT2D eigenvalue weighted by Crippen LogP contribution is 2.24. The van der Waals surface area contributed by atoms with Gasteiger partial charge in [0.25, 0.3) is 0 Å². The van der Waals surface area contributed by atoms with Gasteiger partial charge in [-0.2, -0.15) is 0 Å². The van der Waals surface area contributed by atoms with Crippen molar-refractivity contribution < 1.29 is 4.79 Å². The lowest BCUT2D eigenvalue weighted by Gasteiger charge is -2.27. The van der Waals surface area contributed by atoms with E-state index in [-0.39, 0.29) is 11.9 Å². The van der Waals surface area contributed by atoms with Crippen LogP contribution in [0.25, 0.3) is 0 Å². The van der Waals surface area contributed by atoms with Crippen molar-refractivity contribution in [2.45, 2.75) is 115 Å². The van der Waals surface area contributed by atoms with Gasteiger partial charge in [0.1, 0.15) is 0 Å². The van der Waals surface area contributed by atoms with Gasteiger partial charge in [0.2, 0.25) is 5.91 Å². The molecule has 0 aromatic heterocycles. The molecule has 1 atom stereocenters. The van der Waals surface area contributed by atoms with E-state index in [4.69, 9.17) is 5.73 Å². The molecular weight excluding hydrogens is 284 g/mol. The third kappa shape index (κ3) is 7.24. The molecule has 2 aliphatic carbocycles. The Morgan fingerprint density at radius 2 is 1.09 bits per heavy atom. The van der Waals surface area contributed by atoms with Crippen LogP contribution < -0.4 is 11.1 Å². The Hall–Kier alpha value is -0.570. The van der Waals surface area contributed by atoms with E-state index in [2.05, 4.69) is 5.32 Å². The van der Waals surface area contributed by atoms with Gasteiger partial charge in [0.15, 0.2) is 0 Å². The standard InChI is InChI=1S/C20H38N2O/c21-19(17-13-9-5-4-6-10-14-17)20(23)22-18-15-11-7-2-1-3-8-12-16-18/h17-19H,1-16,21H2,(H,22,23). The zero-order chi connectivity index (χ0) is 16.3. The van der Waals surface area contributed by atoms with Crippen LogP contribution >= 0.6 is 0 Å². The number of nitrogens with one attached hydrogen (secondary N) is 1. The van der Waals surface area contributed by atoms with E-state index in [1.165, 1.54) is 77.0 Å². The van der Waals surface area contributed by atoms with Crippen molar-refractivity contribution in [2.24, 2.45) is 11.7 Å². The Balaban J connectivity index is 1.79. The maximum Gasteiger partial charge on any atom is 0.237 e. The van der Waals surface area contributed by atoms with Crippen LogP contribution in [0.3, 0.4) is 0 Å². The number of rotatable bonds is 3. The average Bonchev–Trinajstić information content (AvgIpc) is 2.52. The van der Waals surface area contributed by atoms with Crippen LogP contribution in [0, 0.1) is 5.92 Å². The fourth-order valence-corrected chi connectivity index (χ4v) is 4.31. The molecule has 23 heavy (non-hydrogen) atoms. The zero-order valence-corrected chi connectivity index (χ0v) is 15.0. The summed E-state index contributed by atoms with van der Waals surface area (Å²) in [5, 5.41) is 3.30. The molecule has 0 aliphatic heterocycles. The summed E-state index contributed by atoms with van der Waals surface area (Å²) in [6, 6.07) is 0.0729. The molecule has 1 unspecified atom stereocenters. The van der Waals surface area contributed by atoms with Gasteiger partial charge in [-0.1, -0.05) is 77.0 Å². The lowest BCUT2D eigenvalue weighted by molar-refractivity contribution is -0.124. The van der Waals surface area contributed by atoms with Crippen molar-refractivity contribution in [3.63, 3.8) is 0 Å². The van der Waals surface area contributed by atoms with Crippen molar-refractivity contribution in [1.82, 2.24) is 5.32 Å². The lowest BCUT2D eigenvalue weighted by Crippen LogP contribution is -2.49. The van der Waals surface area contributed by atoms with Crippen molar-refractivity contribution in [1.29, 1.82) is 0 Å². The molecule has 0 saturated heterocycles. The Kier molecular flexibility index (Phi) is 9.03. The van der Waals surface area contributed by atoms with Gasteiger partial charge in [-0.15, -0.1) is 0 Å². The summed E-state index contributed by atoms with van der Waals surface area (Å²) in [7, 11) is 0. The quantitative estimate of drug-likeness (QED) is 0.792. The second kappa shape index (κ2) is 11.1. The third-order valence-electron chi connectivity index (χ3n) is 5.91. The van der Waals surface area contributed by atoms with Gasteiger partial charge in [-0.25, -0.2) is 0 Å². The third-order valence-corrected chi connectivity index (χ3v) is 5.91. The predicted octanol–water partition coefficient (Wildman–Crippen LogP) is 4.68. The Bertz CT molecular complexity index is 314. The highest BCUT2D eigenvalue weighted by molar-refractivity contribution is 5.82. The van der Waals surface area contributed by atoms with Crippen LogP contribution in [0.2, 0.25) is 0 Å². The SMILES string of the molecule is NC(C(=O)NC1CCCCCCCCC1)C1CCCCCCC1.